The SMILES string of the molecule is CC(C)CC=CC(C)[C@H]1CCC2C3=CC=C4C[C@@H](O)CC[C@]4(C)C3CC[C@@]21C. The highest BCUT2D eigenvalue weighted by Crippen LogP contribution is 2.65. The van der Waals surface area contributed by atoms with Gasteiger partial charge in [0.25, 0.3) is 0 Å². The van der Waals surface area contributed by atoms with Gasteiger partial charge in [0.2, 0.25) is 0 Å². The van der Waals surface area contributed by atoms with Crippen LogP contribution in [0.15, 0.2) is 35.5 Å². The number of fused-ring (bicyclic) bond motifs is 5. The summed E-state index contributed by atoms with van der Waals surface area (Å²) in [5, 5.41) is 10.2. The van der Waals surface area contributed by atoms with Gasteiger partial charge >= 0.3 is 0 Å². The molecule has 0 heterocycles. The summed E-state index contributed by atoms with van der Waals surface area (Å²) in [5.74, 6) is 3.78. The molecule has 156 valence electrons. The van der Waals surface area contributed by atoms with Gasteiger partial charge in [-0.25, -0.2) is 0 Å². The first-order valence-electron chi connectivity index (χ1n) is 12.0. The molecule has 0 saturated heterocycles. The Kier molecular flexibility index (Phi) is 5.45. The third kappa shape index (κ3) is 3.26. The molecule has 4 aliphatic carbocycles. The van der Waals surface area contributed by atoms with Crippen LogP contribution in [0, 0.1) is 40.4 Å². The zero-order valence-electron chi connectivity index (χ0n) is 18.9. The first kappa shape index (κ1) is 20.5. The second-order valence-corrected chi connectivity index (χ2v) is 11.4. The van der Waals surface area contributed by atoms with Crippen LogP contribution in [0.25, 0.3) is 0 Å². The zero-order chi connectivity index (χ0) is 20.1. The number of rotatable bonds is 4. The van der Waals surface area contributed by atoms with Crippen molar-refractivity contribution in [3.63, 3.8) is 0 Å². The fourth-order valence-electron chi connectivity index (χ4n) is 7.59. The molecule has 1 nitrogen and oxygen atoms in total. The van der Waals surface area contributed by atoms with Crippen LogP contribution in [0.5, 0.6) is 0 Å². The summed E-state index contributed by atoms with van der Waals surface area (Å²) in [6, 6.07) is 0. The van der Waals surface area contributed by atoms with Crippen LogP contribution in [0.2, 0.25) is 0 Å². The minimum atomic E-state index is -0.113. The molecule has 0 aromatic rings. The fraction of sp³-hybridized carbons (Fsp3) is 0.778. The molecule has 0 aromatic heterocycles. The van der Waals surface area contributed by atoms with Gasteiger partial charge in [-0.3, -0.25) is 0 Å². The lowest BCUT2D eigenvalue weighted by Crippen LogP contribution is -2.46. The normalized spacial score (nSPS) is 44.0. The van der Waals surface area contributed by atoms with E-state index in [1.165, 1.54) is 44.1 Å². The Morgan fingerprint density at radius 1 is 1.04 bits per heavy atom. The quantitative estimate of drug-likeness (QED) is 0.515. The average molecular weight is 383 g/mol. The third-order valence-corrected chi connectivity index (χ3v) is 9.30. The lowest BCUT2D eigenvalue weighted by molar-refractivity contribution is 0.0383. The second-order valence-electron chi connectivity index (χ2n) is 11.4. The van der Waals surface area contributed by atoms with Crippen molar-refractivity contribution >= 4 is 0 Å². The lowest BCUT2D eigenvalue weighted by atomic mass is 9.50. The van der Waals surface area contributed by atoms with Gasteiger partial charge in [-0.15, -0.1) is 0 Å². The van der Waals surface area contributed by atoms with E-state index in [4.69, 9.17) is 0 Å². The van der Waals surface area contributed by atoms with Gasteiger partial charge in [0.05, 0.1) is 6.10 Å². The summed E-state index contributed by atoms with van der Waals surface area (Å²) in [6.07, 6.45) is 19.6. The first-order valence-corrected chi connectivity index (χ1v) is 12.0. The van der Waals surface area contributed by atoms with E-state index in [9.17, 15) is 5.11 Å². The molecule has 3 unspecified atom stereocenters. The Morgan fingerprint density at radius 2 is 1.82 bits per heavy atom. The molecule has 3 saturated carbocycles. The Morgan fingerprint density at radius 3 is 2.57 bits per heavy atom. The molecule has 0 aromatic carbocycles. The maximum absolute atomic E-state index is 10.2. The summed E-state index contributed by atoms with van der Waals surface area (Å²) in [5.41, 5.74) is 4.09. The van der Waals surface area contributed by atoms with Crippen molar-refractivity contribution in [3.05, 3.63) is 35.5 Å². The molecular formula is C27H42O. The van der Waals surface area contributed by atoms with Crippen LogP contribution in [-0.4, -0.2) is 11.2 Å². The van der Waals surface area contributed by atoms with E-state index in [-0.39, 0.29) is 6.10 Å². The van der Waals surface area contributed by atoms with E-state index in [0.717, 1.165) is 36.5 Å². The molecule has 4 aliphatic rings. The predicted octanol–water partition coefficient (Wildman–Crippen LogP) is 7.08. The maximum atomic E-state index is 10.2. The molecule has 4 rings (SSSR count). The van der Waals surface area contributed by atoms with Crippen molar-refractivity contribution in [2.75, 3.05) is 0 Å². The molecule has 0 bridgehead atoms. The van der Waals surface area contributed by atoms with Crippen molar-refractivity contribution in [1.82, 2.24) is 0 Å². The summed E-state index contributed by atoms with van der Waals surface area (Å²) >= 11 is 0. The van der Waals surface area contributed by atoms with Crippen molar-refractivity contribution < 1.29 is 5.11 Å². The molecule has 1 heteroatoms. The number of hydrogen-bond donors (Lipinski definition) is 1. The largest absolute Gasteiger partial charge is 0.393 e. The number of hydrogen-bond acceptors (Lipinski definition) is 1. The van der Waals surface area contributed by atoms with Gasteiger partial charge in [0.15, 0.2) is 0 Å². The molecule has 0 radical (unpaired) electrons. The predicted molar refractivity (Wildman–Crippen MR) is 119 cm³/mol. The van der Waals surface area contributed by atoms with Gasteiger partial charge in [0, 0.05) is 0 Å². The summed E-state index contributed by atoms with van der Waals surface area (Å²) in [4.78, 5) is 0. The van der Waals surface area contributed by atoms with Crippen molar-refractivity contribution in [1.29, 1.82) is 0 Å². The molecule has 0 amide bonds. The number of allylic oxidation sites excluding steroid dienone is 5. The number of aliphatic hydroxyl groups is 1. The maximum Gasteiger partial charge on any atom is 0.0578 e. The topological polar surface area (TPSA) is 20.2 Å². The van der Waals surface area contributed by atoms with Gasteiger partial charge in [-0.05, 0) is 91.8 Å². The Bertz CT molecular complexity index is 682. The highest BCUT2D eigenvalue weighted by atomic mass is 16.3. The van der Waals surface area contributed by atoms with Crippen LogP contribution in [0.3, 0.4) is 0 Å². The van der Waals surface area contributed by atoms with Gasteiger partial charge in [0.1, 0.15) is 0 Å². The molecule has 7 atom stereocenters. The van der Waals surface area contributed by atoms with Gasteiger partial charge in [-0.1, -0.05) is 70.1 Å². The molecular weight excluding hydrogens is 340 g/mol. The smallest absolute Gasteiger partial charge is 0.0578 e. The molecule has 0 aliphatic heterocycles. The van der Waals surface area contributed by atoms with E-state index in [1.807, 2.05) is 0 Å². The van der Waals surface area contributed by atoms with Crippen LogP contribution in [0.1, 0.15) is 86.0 Å². The minimum Gasteiger partial charge on any atom is -0.393 e. The zero-order valence-corrected chi connectivity index (χ0v) is 18.9. The standard InChI is InChI=1S/C27H42O/c1-18(2)7-6-8-19(3)23-11-12-24-22-10-9-20-17-21(28)13-15-26(20,4)25(22)14-16-27(23,24)5/h6,8-10,18-19,21,23-25,28H,7,11-17H2,1-5H3/t19?,21-,23+,24?,25?,26-,27+/m0/s1. The van der Waals surface area contributed by atoms with Crippen molar-refractivity contribution in [3.8, 4) is 0 Å². The van der Waals surface area contributed by atoms with Crippen LogP contribution in [-0.2, 0) is 0 Å². The minimum absolute atomic E-state index is 0.113. The summed E-state index contributed by atoms with van der Waals surface area (Å²) < 4.78 is 0. The van der Waals surface area contributed by atoms with E-state index in [1.54, 1.807) is 5.57 Å². The number of aliphatic hydroxyl groups excluding tert-OH is 1. The highest BCUT2D eigenvalue weighted by molar-refractivity contribution is 5.39. The molecule has 0 spiro atoms. The van der Waals surface area contributed by atoms with E-state index in [2.05, 4.69) is 58.9 Å². The molecule has 1 N–H and O–H groups in total. The van der Waals surface area contributed by atoms with Crippen LogP contribution in [0.4, 0.5) is 0 Å². The van der Waals surface area contributed by atoms with Gasteiger partial charge < -0.3 is 5.11 Å². The summed E-state index contributed by atoms with van der Waals surface area (Å²) in [7, 11) is 0. The van der Waals surface area contributed by atoms with Gasteiger partial charge in [-0.2, -0.15) is 0 Å². The monoisotopic (exact) mass is 382 g/mol. The van der Waals surface area contributed by atoms with E-state index < -0.39 is 0 Å². The molecule has 28 heavy (non-hydrogen) atoms. The van der Waals surface area contributed by atoms with Crippen LogP contribution < -0.4 is 0 Å². The summed E-state index contributed by atoms with van der Waals surface area (Å²) in [6.45, 7) is 12.2. The van der Waals surface area contributed by atoms with E-state index in [0.29, 0.717) is 16.7 Å². The van der Waals surface area contributed by atoms with Crippen LogP contribution >= 0.6 is 0 Å². The fourth-order valence-corrected chi connectivity index (χ4v) is 7.59. The Balaban J connectivity index is 1.57. The van der Waals surface area contributed by atoms with E-state index >= 15 is 0 Å². The highest BCUT2D eigenvalue weighted by Gasteiger charge is 2.56. The third-order valence-electron chi connectivity index (χ3n) is 9.30. The van der Waals surface area contributed by atoms with Crippen molar-refractivity contribution in [2.24, 2.45) is 40.4 Å². The average Bonchev–Trinajstić information content (AvgIpc) is 2.99. The Labute approximate surface area is 173 Å². The second kappa shape index (κ2) is 7.46. The Hall–Kier alpha value is -0.820. The lowest BCUT2D eigenvalue weighted by Gasteiger charge is -2.55. The first-order chi connectivity index (χ1) is 13.3. The molecule has 3 fully saturated rings. The van der Waals surface area contributed by atoms with Crippen molar-refractivity contribution in [2.45, 2.75) is 92.1 Å².